The minimum atomic E-state index is 0.125. The molecule has 0 amide bonds. The van der Waals surface area contributed by atoms with Crippen molar-refractivity contribution >= 4 is 11.6 Å². The Labute approximate surface area is 121 Å². The molecule has 3 heteroatoms. The lowest BCUT2D eigenvalue weighted by atomic mass is 9.81. The molecule has 0 saturated heterocycles. The van der Waals surface area contributed by atoms with Crippen molar-refractivity contribution in [3.8, 4) is 5.75 Å². The first-order valence-corrected chi connectivity index (χ1v) is 7.49. The average Bonchev–Trinajstić information content (AvgIpc) is 2.75. The Bertz CT molecular complexity index is 451. The fourth-order valence-corrected chi connectivity index (χ4v) is 2.93. The van der Waals surface area contributed by atoms with Gasteiger partial charge < -0.3 is 10.1 Å². The molecule has 1 heterocycles. The molecule has 106 valence electrons. The summed E-state index contributed by atoms with van der Waals surface area (Å²) >= 11 is 6.27. The van der Waals surface area contributed by atoms with Gasteiger partial charge >= 0.3 is 0 Å². The highest BCUT2D eigenvalue weighted by molar-refractivity contribution is 6.30. The minimum absolute atomic E-state index is 0.125. The largest absolute Gasteiger partial charge is 0.493 e. The molecule has 0 radical (unpaired) electrons. The van der Waals surface area contributed by atoms with Gasteiger partial charge in [-0.05, 0) is 36.1 Å². The normalized spacial score (nSPS) is 16.1. The van der Waals surface area contributed by atoms with E-state index >= 15 is 0 Å². The van der Waals surface area contributed by atoms with Gasteiger partial charge in [-0.1, -0.05) is 39.3 Å². The second-order valence-electron chi connectivity index (χ2n) is 6.33. The van der Waals surface area contributed by atoms with Crippen molar-refractivity contribution in [1.29, 1.82) is 0 Å². The number of nitrogens with one attached hydrogen (secondary N) is 1. The molecule has 0 spiro atoms. The number of fused-ring (bicyclic) bond motifs is 1. The minimum Gasteiger partial charge on any atom is -0.493 e. The Morgan fingerprint density at radius 3 is 2.74 bits per heavy atom. The van der Waals surface area contributed by atoms with Gasteiger partial charge in [0.05, 0.1) is 6.61 Å². The third-order valence-corrected chi connectivity index (χ3v) is 3.77. The van der Waals surface area contributed by atoms with Crippen LogP contribution in [0.5, 0.6) is 5.75 Å². The number of hydrogen-bond acceptors (Lipinski definition) is 2. The van der Waals surface area contributed by atoms with Gasteiger partial charge in [0.15, 0.2) is 0 Å². The van der Waals surface area contributed by atoms with Gasteiger partial charge in [-0.25, -0.2) is 0 Å². The fraction of sp³-hybridized carbons (Fsp3) is 0.625. The Hall–Kier alpha value is -0.730. The lowest BCUT2D eigenvalue weighted by Gasteiger charge is -2.33. The molecule has 1 aliphatic heterocycles. The maximum absolute atomic E-state index is 6.27. The first-order valence-electron chi connectivity index (χ1n) is 7.12. The molecule has 1 unspecified atom stereocenters. The van der Waals surface area contributed by atoms with E-state index in [1.807, 2.05) is 6.07 Å². The zero-order valence-corrected chi connectivity index (χ0v) is 13.1. The Balaban J connectivity index is 2.41. The van der Waals surface area contributed by atoms with E-state index in [4.69, 9.17) is 16.3 Å². The summed E-state index contributed by atoms with van der Waals surface area (Å²) in [6.45, 7) is 10.7. The Morgan fingerprint density at radius 1 is 1.37 bits per heavy atom. The number of hydrogen-bond donors (Lipinski definition) is 1. The van der Waals surface area contributed by atoms with Crippen LogP contribution in [0.3, 0.4) is 0 Å². The molecule has 1 aromatic carbocycles. The molecule has 1 N–H and O–H groups in total. The van der Waals surface area contributed by atoms with E-state index in [0.717, 1.165) is 36.8 Å². The van der Waals surface area contributed by atoms with Gasteiger partial charge in [0, 0.05) is 23.0 Å². The fourth-order valence-electron chi connectivity index (χ4n) is 2.68. The molecule has 1 atom stereocenters. The standard InChI is InChI=1S/C16H24ClNO/c1-5-7-18-15(16(2,3)4)13-10-12(17)9-11-6-8-19-14(11)13/h9-10,15,18H,5-8H2,1-4H3. The van der Waals surface area contributed by atoms with Crippen LogP contribution in [0.4, 0.5) is 0 Å². The highest BCUT2D eigenvalue weighted by Gasteiger charge is 2.31. The van der Waals surface area contributed by atoms with Gasteiger partial charge in [0.25, 0.3) is 0 Å². The third kappa shape index (κ3) is 3.24. The Kier molecular flexibility index (Phi) is 4.42. The molecule has 0 aliphatic carbocycles. The summed E-state index contributed by atoms with van der Waals surface area (Å²) in [6.07, 6.45) is 2.09. The average molecular weight is 282 g/mol. The predicted octanol–water partition coefficient (Wildman–Crippen LogP) is 4.36. The molecule has 0 aromatic heterocycles. The monoisotopic (exact) mass is 281 g/mol. The maximum Gasteiger partial charge on any atom is 0.127 e. The quantitative estimate of drug-likeness (QED) is 0.885. The van der Waals surface area contributed by atoms with Crippen LogP contribution in [0.2, 0.25) is 5.02 Å². The molecule has 0 bridgehead atoms. The summed E-state index contributed by atoms with van der Waals surface area (Å²) in [6, 6.07) is 4.36. The molecule has 2 rings (SSSR count). The van der Waals surface area contributed by atoms with E-state index in [0.29, 0.717) is 0 Å². The van der Waals surface area contributed by atoms with E-state index in [1.54, 1.807) is 0 Å². The summed E-state index contributed by atoms with van der Waals surface area (Å²) in [5.41, 5.74) is 2.58. The van der Waals surface area contributed by atoms with Crippen LogP contribution in [0.15, 0.2) is 12.1 Å². The van der Waals surface area contributed by atoms with Crippen LogP contribution in [0.25, 0.3) is 0 Å². The van der Waals surface area contributed by atoms with Crippen molar-refractivity contribution < 1.29 is 4.74 Å². The van der Waals surface area contributed by atoms with Crippen LogP contribution >= 0.6 is 11.6 Å². The van der Waals surface area contributed by atoms with Gasteiger partial charge in [-0.15, -0.1) is 0 Å². The highest BCUT2D eigenvalue weighted by atomic mass is 35.5. The second-order valence-corrected chi connectivity index (χ2v) is 6.77. The lowest BCUT2D eigenvalue weighted by Crippen LogP contribution is -2.33. The third-order valence-electron chi connectivity index (χ3n) is 3.55. The molecule has 2 nitrogen and oxygen atoms in total. The van der Waals surface area contributed by atoms with E-state index in [9.17, 15) is 0 Å². The van der Waals surface area contributed by atoms with Crippen LogP contribution in [0.1, 0.15) is 51.3 Å². The summed E-state index contributed by atoms with van der Waals surface area (Å²) < 4.78 is 5.84. The second kappa shape index (κ2) is 5.72. The summed E-state index contributed by atoms with van der Waals surface area (Å²) in [5, 5.41) is 4.46. The molecule has 19 heavy (non-hydrogen) atoms. The topological polar surface area (TPSA) is 21.3 Å². The van der Waals surface area contributed by atoms with Gasteiger partial charge in [0.1, 0.15) is 5.75 Å². The van der Waals surface area contributed by atoms with Crippen molar-refractivity contribution in [2.45, 2.75) is 46.6 Å². The van der Waals surface area contributed by atoms with Crippen LogP contribution < -0.4 is 10.1 Å². The van der Waals surface area contributed by atoms with Crippen molar-refractivity contribution in [1.82, 2.24) is 5.32 Å². The molecular weight excluding hydrogens is 258 g/mol. The SMILES string of the molecule is CCCNC(c1cc(Cl)cc2c1OCC2)C(C)(C)C. The molecule has 1 aromatic rings. The van der Waals surface area contributed by atoms with E-state index in [1.165, 1.54) is 11.1 Å². The zero-order chi connectivity index (χ0) is 14.0. The van der Waals surface area contributed by atoms with Gasteiger partial charge in [-0.3, -0.25) is 0 Å². The van der Waals surface area contributed by atoms with Crippen molar-refractivity contribution in [3.63, 3.8) is 0 Å². The molecular formula is C16H24ClNO. The van der Waals surface area contributed by atoms with E-state index < -0.39 is 0 Å². The van der Waals surface area contributed by atoms with Crippen LogP contribution in [-0.2, 0) is 6.42 Å². The first kappa shape index (κ1) is 14.7. The smallest absolute Gasteiger partial charge is 0.127 e. The molecule has 0 saturated carbocycles. The van der Waals surface area contributed by atoms with Gasteiger partial charge in [-0.2, -0.15) is 0 Å². The highest BCUT2D eigenvalue weighted by Crippen LogP contribution is 2.42. The maximum atomic E-state index is 6.27. The van der Waals surface area contributed by atoms with Crippen LogP contribution in [-0.4, -0.2) is 13.2 Å². The lowest BCUT2D eigenvalue weighted by molar-refractivity contribution is 0.262. The van der Waals surface area contributed by atoms with Crippen molar-refractivity contribution in [3.05, 3.63) is 28.3 Å². The Morgan fingerprint density at radius 2 is 2.11 bits per heavy atom. The molecule has 1 aliphatic rings. The molecule has 0 fully saturated rings. The van der Waals surface area contributed by atoms with Crippen LogP contribution in [0, 0.1) is 5.41 Å². The summed E-state index contributed by atoms with van der Waals surface area (Å²) in [7, 11) is 0. The summed E-state index contributed by atoms with van der Waals surface area (Å²) in [5.74, 6) is 1.05. The number of rotatable bonds is 4. The predicted molar refractivity (Wildman–Crippen MR) is 81.1 cm³/mol. The van der Waals surface area contributed by atoms with Gasteiger partial charge in [0.2, 0.25) is 0 Å². The van der Waals surface area contributed by atoms with E-state index in [-0.39, 0.29) is 11.5 Å². The number of halogens is 1. The van der Waals surface area contributed by atoms with Crippen molar-refractivity contribution in [2.75, 3.05) is 13.2 Å². The zero-order valence-electron chi connectivity index (χ0n) is 12.3. The number of ether oxygens (including phenoxy) is 1. The number of benzene rings is 1. The summed E-state index contributed by atoms with van der Waals surface area (Å²) in [4.78, 5) is 0. The first-order chi connectivity index (χ1) is 8.93. The van der Waals surface area contributed by atoms with Crippen molar-refractivity contribution in [2.24, 2.45) is 5.41 Å². The van der Waals surface area contributed by atoms with E-state index in [2.05, 4.69) is 39.1 Å².